The van der Waals surface area contributed by atoms with Gasteiger partial charge in [-0.25, -0.2) is 10.4 Å². The number of nitrogens with zero attached hydrogens (tertiary/aromatic N) is 1. The van der Waals surface area contributed by atoms with Crippen LogP contribution in [0.25, 0.3) is 0 Å². The number of hydrogen-bond acceptors (Lipinski definition) is 8. The number of ether oxygens (including phenoxy) is 4. The number of aliphatic hydroxyl groups excluding tert-OH is 1. The van der Waals surface area contributed by atoms with Crippen LogP contribution >= 0.6 is 15.9 Å². The van der Waals surface area contributed by atoms with Gasteiger partial charge in [0.2, 0.25) is 5.90 Å². The normalized spacial score (nSPS) is 17.2. The van der Waals surface area contributed by atoms with Crippen LogP contribution in [-0.2, 0) is 22.5 Å². The Morgan fingerprint density at radius 3 is 2.38 bits per heavy atom. The fourth-order valence-electron chi connectivity index (χ4n) is 5.15. The Hall–Kier alpha value is -4.38. The third-order valence-corrected chi connectivity index (χ3v) is 8.02. The van der Waals surface area contributed by atoms with E-state index in [0.717, 1.165) is 21.2 Å². The van der Waals surface area contributed by atoms with E-state index in [-0.39, 0.29) is 18.9 Å². The highest BCUT2D eigenvalue weighted by Crippen LogP contribution is 2.42. The van der Waals surface area contributed by atoms with Crippen molar-refractivity contribution in [3.63, 3.8) is 0 Å². The molecule has 0 bridgehead atoms. The molecule has 0 unspecified atom stereocenters. The van der Waals surface area contributed by atoms with E-state index in [0.29, 0.717) is 48.3 Å². The van der Waals surface area contributed by atoms with E-state index < -0.39 is 11.6 Å². The first kappa shape index (κ1) is 32.0. The number of carbonyl (C=O) groups is 1. The molecule has 5 rings (SSSR count). The molecular weight excluding hydrogens is 638 g/mol. The molecule has 9 nitrogen and oxygen atoms in total. The summed E-state index contributed by atoms with van der Waals surface area (Å²) in [5.74, 6) is 1.99. The molecule has 4 aromatic rings. The lowest BCUT2D eigenvalue weighted by Gasteiger charge is -2.31. The summed E-state index contributed by atoms with van der Waals surface area (Å²) < 4.78 is 24.1. The van der Waals surface area contributed by atoms with Crippen LogP contribution in [0.3, 0.4) is 0 Å². The smallest absolute Gasteiger partial charge is 0.266 e. The fraction of sp³-hybridized carbons (Fsp3) is 0.257. The highest BCUT2D eigenvalue weighted by Gasteiger charge is 2.53. The van der Waals surface area contributed by atoms with Gasteiger partial charge in [-0.05, 0) is 53.6 Å². The Balaban J connectivity index is 1.48. The predicted octanol–water partition coefficient (Wildman–Crippen LogP) is 5.55. The summed E-state index contributed by atoms with van der Waals surface area (Å²) in [5.41, 5.74) is 7.96. The summed E-state index contributed by atoms with van der Waals surface area (Å²) in [5, 5.41) is 9.06. The lowest BCUT2D eigenvalue weighted by Crippen LogP contribution is -2.53. The van der Waals surface area contributed by atoms with E-state index in [1.807, 2.05) is 91.0 Å². The van der Waals surface area contributed by atoms with Crippen molar-refractivity contribution in [3.8, 4) is 17.2 Å². The molecule has 1 heterocycles. The van der Waals surface area contributed by atoms with Gasteiger partial charge in [0, 0.05) is 47.7 Å². The maximum Gasteiger partial charge on any atom is 0.266 e. The van der Waals surface area contributed by atoms with Crippen molar-refractivity contribution in [2.24, 2.45) is 4.99 Å². The van der Waals surface area contributed by atoms with Gasteiger partial charge in [0.25, 0.3) is 5.91 Å². The Kier molecular flexibility index (Phi) is 10.7. The Morgan fingerprint density at radius 2 is 1.69 bits per heavy atom. The van der Waals surface area contributed by atoms with Gasteiger partial charge in [0.1, 0.15) is 17.2 Å². The van der Waals surface area contributed by atoms with E-state index in [1.54, 1.807) is 20.3 Å². The predicted molar refractivity (Wildman–Crippen MR) is 176 cm³/mol. The lowest BCUT2D eigenvalue weighted by molar-refractivity contribution is -0.130. The average molecular weight is 675 g/mol. The number of hydrogen-bond donors (Lipinski definition) is 3. The van der Waals surface area contributed by atoms with Crippen molar-refractivity contribution in [3.05, 3.63) is 124 Å². The number of hydrazine groups is 1. The average Bonchev–Trinajstić information content (AvgIpc) is 3.47. The fourth-order valence-corrected chi connectivity index (χ4v) is 5.41. The van der Waals surface area contributed by atoms with Crippen LogP contribution in [0.1, 0.15) is 34.8 Å². The van der Waals surface area contributed by atoms with Crippen LogP contribution in [0, 0.1) is 0 Å². The minimum absolute atomic E-state index is 0.0641. The maximum absolute atomic E-state index is 14.4. The van der Waals surface area contributed by atoms with E-state index in [2.05, 4.69) is 26.8 Å². The van der Waals surface area contributed by atoms with E-state index in [4.69, 9.17) is 29.0 Å². The number of rotatable bonds is 14. The van der Waals surface area contributed by atoms with Crippen molar-refractivity contribution in [2.45, 2.75) is 31.0 Å². The number of aliphatic hydroxyl groups is 1. The van der Waals surface area contributed by atoms with Gasteiger partial charge in [-0.1, -0.05) is 64.5 Å². The van der Waals surface area contributed by atoms with Crippen LogP contribution in [-0.4, -0.2) is 49.9 Å². The largest absolute Gasteiger partial charge is 0.497 e. The van der Waals surface area contributed by atoms with Crippen molar-refractivity contribution in [2.75, 3.05) is 27.4 Å². The van der Waals surface area contributed by atoms with Gasteiger partial charge in [-0.3, -0.25) is 10.2 Å². The molecule has 0 saturated heterocycles. The van der Waals surface area contributed by atoms with Crippen LogP contribution in [0.2, 0.25) is 0 Å². The number of nitrogens with one attached hydrogen (secondary N) is 2. The van der Waals surface area contributed by atoms with Gasteiger partial charge in [-0.15, -0.1) is 0 Å². The molecule has 1 aliphatic rings. The molecule has 234 valence electrons. The number of amides is 1. The van der Waals surface area contributed by atoms with Crippen molar-refractivity contribution in [1.82, 2.24) is 10.9 Å². The second-order valence-corrected chi connectivity index (χ2v) is 11.4. The van der Waals surface area contributed by atoms with Crippen LogP contribution in [0.5, 0.6) is 17.2 Å². The minimum Gasteiger partial charge on any atom is -0.497 e. The summed E-state index contributed by atoms with van der Waals surface area (Å²) in [6, 6.07) is 30.4. The third kappa shape index (κ3) is 7.65. The Morgan fingerprint density at radius 1 is 0.956 bits per heavy atom. The summed E-state index contributed by atoms with van der Waals surface area (Å²) in [6.07, 6.45) is 0.115. The second-order valence-electron chi connectivity index (χ2n) is 10.5. The SMILES string of the molecule is COc1ccc(CNNC(=O)[C@@]2(Cc3ccc(Br)cc3)N=C(c3ccc(OCCCO)cc3)O[C@H]2c2ccccc2)c(OC)c1. The highest BCUT2D eigenvalue weighted by atomic mass is 79.9. The standard InChI is InChI=1S/C35H36BrN3O6/c1-42-30-18-13-27(31(21-30)43-2)23-37-39-34(41)35(22-24-9-14-28(36)15-10-24)32(25-7-4-3-5-8-25)45-33(38-35)26-11-16-29(17-12-26)44-20-6-19-40/h3-5,7-18,21,32,37,40H,6,19-20,22-23H2,1-2H3,(H,39,41)/t32-,35-/m0/s1. The molecule has 0 spiro atoms. The van der Waals surface area contributed by atoms with Gasteiger partial charge in [-0.2, -0.15) is 0 Å². The molecular formula is C35H36BrN3O6. The van der Waals surface area contributed by atoms with Gasteiger partial charge < -0.3 is 24.1 Å². The summed E-state index contributed by atoms with van der Waals surface area (Å²) in [6.45, 7) is 0.780. The molecule has 1 aliphatic heterocycles. The molecule has 0 fully saturated rings. The Bertz CT molecular complexity index is 1600. The topological polar surface area (TPSA) is 111 Å². The Labute approximate surface area is 271 Å². The van der Waals surface area contributed by atoms with Crippen molar-refractivity contribution >= 4 is 27.7 Å². The zero-order valence-electron chi connectivity index (χ0n) is 25.2. The number of methoxy groups -OCH3 is 2. The first-order valence-electron chi connectivity index (χ1n) is 14.6. The molecule has 0 aliphatic carbocycles. The molecule has 4 aromatic carbocycles. The molecule has 1 amide bonds. The number of carbonyl (C=O) groups excluding carboxylic acids is 1. The van der Waals surface area contributed by atoms with Gasteiger partial charge >= 0.3 is 0 Å². The minimum atomic E-state index is -1.35. The van der Waals surface area contributed by atoms with Crippen LogP contribution in [0.15, 0.2) is 107 Å². The van der Waals surface area contributed by atoms with Crippen LogP contribution in [0.4, 0.5) is 0 Å². The second kappa shape index (κ2) is 15.1. The first-order chi connectivity index (χ1) is 22.0. The summed E-state index contributed by atoms with van der Waals surface area (Å²) in [4.78, 5) is 19.5. The zero-order chi connectivity index (χ0) is 31.6. The summed E-state index contributed by atoms with van der Waals surface area (Å²) >= 11 is 3.51. The quantitative estimate of drug-likeness (QED) is 0.119. The number of aliphatic imine (C=N–C) groups is 1. The molecule has 2 atom stereocenters. The molecule has 0 radical (unpaired) electrons. The van der Waals surface area contributed by atoms with Crippen LogP contribution < -0.4 is 25.1 Å². The van der Waals surface area contributed by atoms with Gasteiger partial charge in [0.05, 0.1) is 20.8 Å². The third-order valence-electron chi connectivity index (χ3n) is 7.49. The molecule has 10 heteroatoms. The van der Waals surface area contributed by atoms with E-state index in [1.165, 1.54) is 0 Å². The van der Waals surface area contributed by atoms with Gasteiger partial charge in [0.15, 0.2) is 11.6 Å². The van der Waals surface area contributed by atoms with E-state index >= 15 is 0 Å². The number of benzene rings is 4. The van der Waals surface area contributed by atoms with Crippen molar-refractivity contribution in [1.29, 1.82) is 0 Å². The monoisotopic (exact) mass is 673 g/mol. The zero-order valence-corrected chi connectivity index (χ0v) is 26.8. The highest BCUT2D eigenvalue weighted by molar-refractivity contribution is 9.10. The lowest BCUT2D eigenvalue weighted by atomic mass is 9.82. The first-order valence-corrected chi connectivity index (χ1v) is 15.4. The van der Waals surface area contributed by atoms with E-state index in [9.17, 15) is 4.79 Å². The summed E-state index contributed by atoms with van der Waals surface area (Å²) in [7, 11) is 3.19. The maximum atomic E-state index is 14.4. The molecule has 0 aromatic heterocycles. The van der Waals surface area contributed by atoms with Crippen molar-refractivity contribution < 1.29 is 28.8 Å². The molecule has 3 N–H and O–H groups in total. The molecule has 0 saturated carbocycles. The number of halogens is 1. The molecule has 45 heavy (non-hydrogen) atoms.